The van der Waals surface area contributed by atoms with Crippen molar-refractivity contribution >= 4 is 17.5 Å². The van der Waals surface area contributed by atoms with Crippen LogP contribution in [0, 0.1) is 16.0 Å². The molecule has 2 heterocycles. The molecule has 1 saturated heterocycles. The molecule has 108 valence electrons. The second-order valence-electron chi connectivity index (χ2n) is 5.50. The Bertz CT molecular complexity index is 521. The van der Waals surface area contributed by atoms with Gasteiger partial charge in [-0.25, -0.2) is 4.98 Å². The Labute approximate surface area is 117 Å². The van der Waals surface area contributed by atoms with Gasteiger partial charge >= 0.3 is 5.69 Å². The summed E-state index contributed by atoms with van der Waals surface area (Å²) < 4.78 is 0. The molecular formula is C13H19N5O2. The summed E-state index contributed by atoms with van der Waals surface area (Å²) in [7, 11) is 1.72. The van der Waals surface area contributed by atoms with Crippen molar-refractivity contribution in [2.45, 2.75) is 38.1 Å². The van der Waals surface area contributed by atoms with Gasteiger partial charge in [0.1, 0.15) is 6.20 Å². The highest BCUT2D eigenvalue weighted by Crippen LogP contribution is 2.40. The molecule has 1 aromatic heterocycles. The van der Waals surface area contributed by atoms with Crippen molar-refractivity contribution in [3.63, 3.8) is 0 Å². The number of piperidine rings is 1. The number of hydrogen-bond donors (Lipinski definition) is 1. The molecular weight excluding hydrogens is 258 g/mol. The monoisotopic (exact) mass is 277 g/mol. The van der Waals surface area contributed by atoms with E-state index in [1.54, 1.807) is 7.05 Å². The van der Waals surface area contributed by atoms with E-state index >= 15 is 0 Å². The lowest BCUT2D eigenvalue weighted by Gasteiger charge is -2.38. The summed E-state index contributed by atoms with van der Waals surface area (Å²) in [5, 5.41) is 14.1. The first-order valence-electron chi connectivity index (χ1n) is 7.16. The molecule has 1 saturated carbocycles. The number of hydrogen-bond acceptors (Lipinski definition) is 6. The molecule has 2 atom stereocenters. The maximum Gasteiger partial charge on any atom is 0.329 e. The summed E-state index contributed by atoms with van der Waals surface area (Å²) in [6.45, 7) is 0.849. The maximum absolute atomic E-state index is 11.2. The summed E-state index contributed by atoms with van der Waals surface area (Å²) in [5.41, 5.74) is 0.0107. The molecule has 1 aliphatic carbocycles. The van der Waals surface area contributed by atoms with Crippen LogP contribution in [0.3, 0.4) is 0 Å². The standard InChI is InChI=1S/C13H19N5O2/c1-14-13-15-8-11(18(19)20)12(16-13)17-7-3-5-9-4-2-6-10(9)17/h8-10H,2-7H2,1H3,(H,14,15,16). The SMILES string of the molecule is CNc1ncc([N+](=O)[O-])c(N2CCCC3CCCC32)n1. The minimum absolute atomic E-state index is 0.0107. The largest absolute Gasteiger partial charge is 0.357 e. The summed E-state index contributed by atoms with van der Waals surface area (Å²) in [6.07, 6.45) is 7.19. The quantitative estimate of drug-likeness (QED) is 0.673. The van der Waals surface area contributed by atoms with Gasteiger partial charge in [-0.05, 0) is 31.6 Å². The first-order valence-corrected chi connectivity index (χ1v) is 7.16. The van der Waals surface area contributed by atoms with E-state index < -0.39 is 0 Å². The predicted molar refractivity (Wildman–Crippen MR) is 75.9 cm³/mol. The average molecular weight is 277 g/mol. The number of fused-ring (bicyclic) bond motifs is 1. The van der Waals surface area contributed by atoms with Crippen LogP contribution < -0.4 is 10.2 Å². The predicted octanol–water partition coefficient (Wildman–Crippen LogP) is 2.20. The maximum atomic E-state index is 11.2. The van der Waals surface area contributed by atoms with Crippen molar-refractivity contribution in [2.24, 2.45) is 5.92 Å². The van der Waals surface area contributed by atoms with Gasteiger partial charge in [0.05, 0.1) is 4.92 Å². The van der Waals surface area contributed by atoms with Gasteiger partial charge in [0.15, 0.2) is 0 Å². The zero-order valence-corrected chi connectivity index (χ0v) is 11.6. The normalized spacial score (nSPS) is 25.4. The van der Waals surface area contributed by atoms with Crippen LogP contribution >= 0.6 is 0 Å². The molecule has 1 N–H and O–H groups in total. The van der Waals surface area contributed by atoms with Gasteiger partial charge in [0.2, 0.25) is 11.8 Å². The molecule has 20 heavy (non-hydrogen) atoms. The second kappa shape index (κ2) is 5.22. The topological polar surface area (TPSA) is 84.2 Å². The third-order valence-electron chi connectivity index (χ3n) is 4.44. The molecule has 7 nitrogen and oxygen atoms in total. The molecule has 0 amide bonds. The molecule has 3 rings (SSSR count). The zero-order chi connectivity index (χ0) is 14.1. The number of nitro groups is 1. The molecule has 1 aliphatic heterocycles. The van der Waals surface area contributed by atoms with Crippen LogP contribution in [0.1, 0.15) is 32.1 Å². The van der Waals surface area contributed by atoms with Crippen LogP contribution in [-0.4, -0.2) is 34.5 Å². The van der Waals surface area contributed by atoms with Gasteiger partial charge in [0.25, 0.3) is 0 Å². The van der Waals surface area contributed by atoms with E-state index in [4.69, 9.17) is 0 Å². The first-order chi connectivity index (χ1) is 9.70. The zero-order valence-electron chi connectivity index (χ0n) is 11.6. The van der Waals surface area contributed by atoms with Crippen molar-refractivity contribution in [3.05, 3.63) is 16.3 Å². The van der Waals surface area contributed by atoms with Crippen LogP contribution in [0.15, 0.2) is 6.20 Å². The van der Waals surface area contributed by atoms with E-state index in [1.165, 1.54) is 25.5 Å². The van der Waals surface area contributed by atoms with Crippen LogP contribution in [0.25, 0.3) is 0 Å². The van der Waals surface area contributed by atoms with E-state index in [1.807, 2.05) is 0 Å². The molecule has 0 aromatic carbocycles. The lowest BCUT2D eigenvalue weighted by atomic mass is 9.92. The summed E-state index contributed by atoms with van der Waals surface area (Å²) in [4.78, 5) is 21.3. The summed E-state index contributed by atoms with van der Waals surface area (Å²) in [5.74, 6) is 1.58. The lowest BCUT2D eigenvalue weighted by Crippen LogP contribution is -2.43. The van der Waals surface area contributed by atoms with Crippen molar-refractivity contribution in [1.29, 1.82) is 0 Å². The van der Waals surface area contributed by atoms with E-state index in [2.05, 4.69) is 20.2 Å². The molecule has 0 radical (unpaired) electrons. The fourth-order valence-electron chi connectivity index (χ4n) is 3.54. The van der Waals surface area contributed by atoms with Gasteiger partial charge < -0.3 is 10.2 Å². The molecule has 1 aromatic rings. The molecule has 0 bridgehead atoms. The minimum Gasteiger partial charge on any atom is -0.357 e. The minimum atomic E-state index is -0.382. The summed E-state index contributed by atoms with van der Waals surface area (Å²) >= 11 is 0. The van der Waals surface area contributed by atoms with Crippen molar-refractivity contribution in [3.8, 4) is 0 Å². The Hall–Kier alpha value is -1.92. The molecule has 0 spiro atoms. The molecule has 2 fully saturated rings. The fourth-order valence-corrected chi connectivity index (χ4v) is 3.54. The van der Waals surface area contributed by atoms with E-state index in [9.17, 15) is 10.1 Å². The molecule has 7 heteroatoms. The van der Waals surface area contributed by atoms with Gasteiger partial charge in [-0.2, -0.15) is 4.98 Å². The van der Waals surface area contributed by atoms with Crippen LogP contribution in [0.2, 0.25) is 0 Å². The van der Waals surface area contributed by atoms with Crippen LogP contribution in [-0.2, 0) is 0 Å². The third-order valence-corrected chi connectivity index (χ3v) is 4.44. The van der Waals surface area contributed by atoms with Gasteiger partial charge in [-0.15, -0.1) is 0 Å². The molecule has 2 unspecified atom stereocenters. The third kappa shape index (κ3) is 2.17. The number of aromatic nitrogens is 2. The number of nitrogens with zero attached hydrogens (tertiary/aromatic N) is 4. The van der Waals surface area contributed by atoms with Crippen molar-refractivity contribution in [1.82, 2.24) is 9.97 Å². The fraction of sp³-hybridized carbons (Fsp3) is 0.692. The lowest BCUT2D eigenvalue weighted by molar-refractivity contribution is -0.384. The Kier molecular flexibility index (Phi) is 3.42. The van der Waals surface area contributed by atoms with Gasteiger partial charge in [-0.1, -0.05) is 6.42 Å². The number of anilines is 2. The highest BCUT2D eigenvalue weighted by Gasteiger charge is 2.38. The Morgan fingerprint density at radius 3 is 2.95 bits per heavy atom. The average Bonchev–Trinajstić information content (AvgIpc) is 2.94. The summed E-state index contributed by atoms with van der Waals surface area (Å²) in [6, 6.07) is 0.405. The van der Waals surface area contributed by atoms with Gasteiger partial charge in [-0.3, -0.25) is 10.1 Å². The molecule has 2 aliphatic rings. The van der Waals surface area contributed by atoms with Gasteiger partial charge in [0, 0.05) is 19.6 Å². The number of nitrogens with one attached hydrogen (secondary N) is 1. The van der Waals surface area contributed by atoms with Crippen molar-refractivity contribution < 1.29 is 4.92 Å². The van der Waals surface area contributed by atoms with E-state index in [-0.39, 0.29) is 10.6 Å². The van der Waals surface area contributed by atoms with E-state index in [0.29, 0.717) is 23.7 Å². The van der Waals surface area contributed by atoms with E-state index in [0.717, 1.165) is 19.4 Å². The Morgan fingerprint density at radius 1 is 1.40 bits per heavy atom. The van der Waals surface area contributed by atoms with Crippen LogP contribution in [0.4, 0.5) is 17.5 Å². The highest BCUT2D eigenvalue weighted by molar-refractivity contribution is 5.60. The Balaban J connectivity index is 2.00. The smallest absolute Gasteiger partial charge is 0.329 e. The van der Waals surface area contributed by atoms with Crippen LogP contribution in [0.5, 0.6) is 0 Å². The highest BCUT2D eigenvalue weighted by atomic mass is 16.6. The van der Waals surface area contributed by atoms with Crippen molar-refractivity contribution in [2.75, 3.05) is 23.8 Å². The number of rotatable bonds is 3. The second-order valence-corrected chi connectivity index (χ2v) is 5.50. The first kappa shape index (κ1) is 13.1. The Morgan fingerprint density at radius 2 is 2.20 bits per heavy atom.